The molecule has 1 aliphatic rings. The van der Waals surface area contributed by atoms with E-state index >= 15 is 0 Å². The van der Waals surface area contributed by atoms with Gasteiger partial charge in [0.15, 0.2) is 11.4 Å². The van der Waals surface area contributed by atoms with Crippen molar-refractivity contribution in [3.8, 4) is 11.1 Å². The maximum absolute atomic E-state index is 12.6. The van der Waals surface area contributed by atoms with E-state index in [2.05, 4.69) is 38.5 Å². The van der Waals surface area contributed by atoms with E-state index in [1.165, 1.54) is 0 Å². The zero-order chi connectivity index (χ0) is 30.1. The lowest BCUT2D eigenvalue weighted by atomic mass is 9.97. The molecule has 3 aromatic carbocycles. The molecule has 3 heterocycles. The van der Waals surface area contributed by atoms with E-state index in [9.17, 15) is 9.90 Å². The van der Waals surface area contributed by atoms with Crippen LogP contribution in [-0.2, 0) is 22.6 Å². The number of pyridine rings is 1. The summed E-state index contributed by atoms with van der Waals surface area (Å²) >= 11 is 1.56. The second-order valence-electron chi connectivity index (χ2n) is 10.4. The number of ether oxygens (including phenoxy) is 2. The van der Waals surface area contributed by atoms with E-state index in [1.807, 2.05) is 54.6 Å². The fourth-order valence-corrected chi connectivity index (χ4v) is 5.92. The molecule has 0 spiro atoms. The zero-order valence-corrected chi connectivity index (χ0v) is 24.8. The van der Waals surface area contributed by atoms with Crippen LogP contribution in [0.3, 0.4) is 0 Å². The molecule has 3 atom stereocenters. The minimum absolute atomic E-state index is 0.000232. The van der Waals surface area contributed by atoms with E-state index in [1.54, 1.807) is 54.7 Å². The van der Waals surface area contributed by atoms with E-state index in [-0.39, 0.29) is 24.7 Å². The number of nitrogens with one attached hydrogen (secondary N) is 1. The molecular weight excluding hydrogens is 572 g/mol. The van der Waals surface area contributed by atoms with Crippen LogP contribution >= 0.6 is 11.8 Å². The third-order valence-electron chi connectivity index (χ3n) is 7.43. The maximum Gasteiger partial charge on any atom is 0.253 e. The van der Waals surface area contributed by atoms with Crippen LogP contribution in [-0.4, -0.2) is 37.8 Å². The Morgan fingerprint density at radius 1 is 0.864 bits per heavy atom. The molecule has 2 N–H and O–H groups in total. The van der Waals surface area contributed by atoms with Gasteiger partial charge in [0, 0.05) is 49.1 Å². The Bertz CT molecular complexity index is 1650. The van der Waals surface area contributed by atoms with Crippen molar-refractivity contribution in [1.82, 2.24) is 20.3 Å². The molecule has 222 valence electrons. The summed E-state index contributed by atoms with van der Waals surface area (Å²) in [5.41, 5.74) is 6.42. The number of nitrogens with zero attached hydrogens (tertiary/aromatic N) is 3. The molecule has 8 nitrogen and oxygen atoms in total. The van der Waals surface area contributed by atoms with Gasteiger partial charge >= 0.3 is 0 Å². The lowest BCUT2D eigenvalue weighted by Gasteiger charge is -2.36. The van der Waals surface area contributed by atoms with E-state index in [0.717, 1.165) is 33.4 Å². The van der Waals surface area contributed by atoms with Crippen LogP contribution in [0.1, 0.15) is 51.4 Å². The maximum atomic E-state index is 12.6. The Labute approximate surface area is 260 Å². The lowest BCUT2D eigenvalue weighted by Crippen LogP contribution is -2.31. The summed E-state index contributed by atoms with van der Waals surface area (Å²) in [6.45, 7) is 0.391. The molecular formula is C35H32N4O4S. The number of benzene rings is 3. The molecule has 3 unspecified atom stereocenters. The molecule has 44 heavy (non-hydrogen) atoms. The van der Waals surface area contributed by atoms with Gasteiger partial charge < -0.3 is 19.9 Å². The van der Waals surface area contributed by atoms with Gasteiger partial charge in [-0.1, -0.05) is 84.6 Å². The molecule has 0 saturated carbocycles. The van der Waals surface area contributed by atoms with Crippen molar-refractivity contribution in [3.63, 3.8) is 0 Å². The van der Waals surface area contributed by atoms with Crippen molar-refractivity contribution in [2.45, 2.75) is 43.2 Å². The van der Waals surface area contributed by atoms with Crippen LogP contribution in [0, 0.1) is 0 Å². The summed E-state index contributed by atoms with van der Waals surface area (Å²) < 4.78 is 13.0. The lowest BCUT2D eigenvalue weighted by molar-refractivity contribution is -0.245. The first kappa shape index (κ1) is 29.7. The first-order valence-corrected chi connectivity index (χ1v) is 15.4. The van der Waals surface area contributed by atoms with Gasteiger partial charge in [-0.3, -0.25) is 9.78 Å². The smallest absolute Gasteiger partial charge is 0.253 e. The predicted octanol–water partition coefficient (Wildman–Crippen LogP) is 6.30. The Balaban J connectivity index is 1.19. The summed E-state index contributed by atoms with van der Waals surface area (Å²) in [5, 5.41) is 13.2. The van der Waals surface area contributed by atoms with Gasteiger partial charge in [-0.25, -0.2) is 9.97 Å². The van der Waals surface area contributed by atoms with Crippen molar-refractivity contribution in [3.05, 3.63) is 144 Å². The zero-order valence-electron chi connectivity index (χ0n) is 24.0. The molecule has 1 fully saturated rings. The largest absolute Gasteiger partial charge is 0.392 e. The van der Waals surface area contributed by atoms with Crippen molar-refractivity contribution in [1.29, 1.82) is 0 Å². The van der Waals surface area contributed by atoms with Crippen molar-refractivity contribution >= 4 is 17.7 Å². The highest BCUT2D eigenvalue weighted by atomic mass is 32.2. The standard InChI is InChI=1S/C35H32N4O4S/c40-22-24-8-10-26(11-9-24)32-19-30(23-44-35-37-17-4-18-38-35)42-34(43-32)27-14-12-25(13-15-27)31-7-2-1-5-28(31)21-39-33(41)29-6-3-16-36-20-29/h1-18,20,30,32,34,40H,19,21-23H2,(H,39,41). The normalized spacial score (nSPS) is 18.1. The van der Waals surface area contributed by atoms with Gasteiger partial charge in [0.1, 0.15) is 0 Å². The quantitative estimate of drug-likeness (QED) is 0.141. The predicted molar refractivity (Wildman–Crippen MR) is 168 cm³/mol. The minimum atomic E-state index is -0.559. The van der Waals surface area contributed by atoms with Gasteiger partial charge in [-0.15, -0.1) is 0 Å². The van der Waals surface area contributed by atoms with Crippen LogP contribution in [0.2, 0.25) is 0 Å². The van der Waals surface area contributed by atoms with E-state index < -0.39 is 6.29 Å². The van der Waals surface area contributed by atoms with Gasteiger partial charge in [0.25, 0.3) is 5.91 Å². The molecule has 9 heteroatoms. The van der Waals surface area contributed by atoms with Gasteiger partial charge in [0.05, 0.1) is 24.4 Å². The third kappa shape index (κ3) is 7.38. The topological polar surface area (TPSA) is 106 Å². The second kappa shape index (κ2) is 14.4. The highest BCUT2D eigenvalue weighted by Crippen LogP contribution is 2.39. The number of aliphatic hydroxyl groups is 1. The Hall–Kier alpha value is -4.41. The van der Waals surface area contributed by atoms with Gasteiger partial charge in [0.2, 0.25) is 0 Å². The molecule has 1 aliphatic heterocycles. The summed E-state index contributed by atoms with van der Waals surface area (Å²) in [6, 6.07) is 29.4. The highest BCUT2D eigenvalue weighted by Gasteiger charge is 2.32. The minimum Gasteiger partial charge on any atom is -0.392 e. The molecule has 0 aliphatic carbocycles. The Kier molecular flexibility index (Phi) is 9.69. The fraction of sp³-hybridized carbons (Fsp3) is 0.200. The van der Waals surface area contributed by atoms with Crippen LogP contribution in [0.25, 0.3) is 11.1 Å². The molecule has 6 rings (SSSR count). The first-order valence-electron chi connectivity index (χ1n) is 14.4. The second-order valence-corrected chi connectivity index (χ2v) is 11.4. The summed E-state index contributed by atoms with van der Waals surface area (Å²) in [4.78, 5) is 25.3. The summed E-state index contributed by atoms with van der Waals surface area (Å²) in [6.07, 6.45) is 6.55. The van der Waals surface area contributed by atoms with E-state index in [0.29, 0.717) is 29.4 Å². The summed E-state index contributed by atoms with van der Waals surface area (Å²) in [7, 11) is 0. The number of aliphatic hydroxyl groups excluding tert-OH is 1. The van der Waals surface area contributed by atoms with Crippen LogP contribution in [0.4, 0.5) is 0 Å². The molecule has 1 amide bonds. The number of hydrogen-bond acceptors (Lipinski definition) is 8. The van der Waals surface area contributed by atoms with E-state index in [4.69, 9.17) is 9.47 Å². The number of carbonyl (C=O) groups is 1. The van der Waals surface area contributed by atoms with Crippen molar-refractivity contribution in [2.24, 2.45) is 0 Å². The SMILES string of the molecule is O=C(NCc1ccccc1-c1ccc(C2OC(CSc3ncccn3)CC(c3ccc(CO)cc3)O2)cc1)c1cccnc1. The number of carbonyl (C=O) groups excluding carboxylic acids is 1. The average Bonchev–Trinajstić information content (AvgIpc) is 3.10. The number of amides is 1. The fourth-order valence-electron chi connectivity index (χ4n) is 5.10. The molecule has 2 aromatic heterocycles. The van der Waals surface area contributed by atoms with Gasteiger partial charge in [-0.05, 0) is 46.0 Å². The Morgan fingerprint density at radius 2 is 1.64 bits per heavy atom. The van der Waals surface area contributed by atoms with Crippen LogP contribution in [0.5, 0.6) is 0 Å². The highest BCUT2D eigenvalue weighted by molar-refractivity contribution is 7.99. The van der Waals surface area contributed by atoms with Crippen LogP contribution in [0.15, 0.2) is 121 Å². The monoisotopic (exact) mass is 604 g/mol. The molecule has 0 radical (unpaired) electrons. The first-order chi connectivity index (χ1) is 21.7. The van der Waals surface area contributed by atoms with Crippen LogP contribution < -0.4 is 5.32 Å². The molecule has 1 saturated heterocycles. The third-order valence-corrected chi connectivity index (χ3v) is 8.44. The van der Waals surface area contributed by atoms with Crippen molar-refractivity contribution in [2.75, 3.05) is 5.75 Å². The van der Waals surface area contributed by atoms with Gasteiger partial charge in [-0.2, -0.15) is 0 Å². The van der Waals surface area contributed by atoms with Crippen molar-refractivity contribution < 1.29 is 19.4 Å². The number of thioether (sulfide) groups is 1. The number of hydrogen-bond donors (Lipinski definition) is 2. The average molecular weight is 605 g/mol. The molecule has 0 bridgehead atoms. The number of rotatable bonds is 10. The Morgan fingerprint density at radius 3 is 2.39 bits per heavy atom. The number of aromatic nitrogens is 3. The summed E-state index contributed by atoms with van der Waals surface area (Å²) in [5.74, 6) is 0.521. The molecule has 5 aromatic rings.